The fraction of sp³-hybridized carbons (Fsp3) is 0.476. The molecule has 2 aliphatic rings. The van der Waals surface area contributed by atoms with Gasteiger partial charge in [-0.15, -0.1) is 0 Å². The van der Waals surface area contributed by atoms with E-state index < -0.39 is 11.6 Å². The molecule has 1 N–H and O–H groups in total. The summed E-state index contributed by atoms with van der Waals surface area (Å²) in [5.41, 5.74) is 1.12. The van der Waals surface area contributed by atoms with E-state index in [9.17, 15) is 13.6 Å². The molecule has 1 aromatic carbocycles. The highest BCUT2D eigenvalue weighted by Gasteiger charge is 2.28. The number of aromatic nitrogens is 2. The standard InChI is InChI=1S/C21H25F2N5O2/c22-17-1-2-18(23)16(11-17)12-25-21(29)15-3-5-27(6-4-15)19-13-24-14-26-20(19)28-7-9-30-10-8-28/h1-2,11,13-15H,3-10,12H2,(H,25,29). The van der Waals surface area contributed by atoms with Crippen molar-refractivity contribution in [2.24, 2.45) is 5.92 Å². The second-order valence-corrected chi connectivity index (χ2v) is 7.55. The van der Waals surface area contributed by atoms with Crippen LogP contribution in [0.1, 0.15) is 18.4 Å². The van der Waals surface area contributed by atoms with Crippen LogP contribution >= 0.6 is 0 Å². The molecular formula is C21H25F2N5O2. The fourth-order valence-electron chi connectivity index (χ4n) is 3.95. The molecule has 0 radical (unpaired) electrons. The van der Waals surface area contributed by atoms with Gasteiger partial charge in [-0.25, -0.2) is 18.7 Å². The minimum absolute atomic E-state index is 0.0175. The molecule has 0 bridgehead atoms. The second-order valence-electron chi connectivity index (χ2n) is 7.55. The Balaban J connectivity index is 1.34. The molecule has 0 aliphatic carbocycles. The van der Waals surface area contributed by atoms with Crippen LogP contribution in [-0.4, -0.2) is 55.3 Å². The summed E-state index contributed by atoms with van der Waals surface area (Å²) in [6.45, 7) is 4.33. The van der Waals surface area contributed by atoms with Crippen molar-refractivity contribution < 1.29 is 18.3 Å². The lowest BCUT2D eigenvalue weighted by molar-refractivity contribution is -0.125. The predicted molar refractivity (Wildman–Crippen MR) is 108 cm³/mol. The highest BCUT2D eigenvalue weighted by molar-refractivity contribution is 5.79. The van der Waals surface area contributed by atoms with Crippen molar-refractivity contribution in [3.63, 3.8) is 0 Å². The van der Waals surface area contributed by atoms with E-state index in [0.717, 1.165) is 42.8 Å². The maximum Gasteiger partial charge on any atom is 0.223 e. The molecule has 2 aliphatic heterocycles. The maximum atomic E-state index is 13.7. The topological polar surface area (TPSA) is 70.6 Å². The van der Waals surface area contributed by atoms with Crippen LogP contribution in [-0.2, 0) is 16.1 Å². The van der Waals surface area contributed by atoms with Crippen molar-refractivity contribution in [3.8, 4) is 0 Å². The Hall–Kier alpha value is -2.81. The molecule has 7 nitrogen and oxygen atoms in total. The first-order valence-electron chi connectivity index (χ1n) is 10.2. The molecule has 2 saturated heterocycles. The van der Waals surface area contributed by atoms with Gasteiger partial charge in [-0.3, -0.25) is 4.79 Å². The lowest BCUT2D eigenvalue weighted by Crippen LogP contribution is -2.42. The van der Waals surface area contributed by atoms with Gasteiger partial charge in [0.1, 0.15) is 18.0 Å². The molecule has 2 aromatic rings. The van der Waals surface area contributed by atoms with Crippen LogP contribution in [0.25, 0.3) is 0 Å². The Bertz CT molecular complexity index is 883. The summed E-state index contributed by atoms with van der Waals surface area (Å²) in [6, 6.07) is 3.25. The van der Waals surface area contributed by atoms with E-state index in [1.165, 1.54) is 0 Å². The summed E-state index contributed by atoms with van der Waals surface area (Å²) in [6.07, 6.45) is 4.73. The number of carbonyl (C=O) groups is 1. The number of rotatable bonds is 5. The van der Waals surface area contributed by atoms with Crippen LogP contribution in [0.4, 0.5) is 20.3 Å². The number of morpholine rings is 1. The summed E-state index contributed by atoms with van der Waals surface area (Å²) in [7, 11) is 0. The number of hydrogen-bond donors (Lipinski definition) is 1. The zero-order valence-corrected chi connectivity index (χ0v) is 16.7. The third-order valence-corrected chi connectivity index (χ3v) is 5.65. The Morgan fingerprint density at radius 1 is 1.13 bits per heavy atom. The lowest BCUT2D eigenvalue weighted by atomic mass is 9.95. The molecule has 30 heavy (non-hydrogen) atoms. The molecule has 0 spiro atoms. The number of benzene rings is 1. The van der Waals surface area contributed by atoms with E-state index in [2.05, 4.69) is 25.1 Å². The van der Waals surface area contributed by atoms with Crippen molar-refractivity contribution in [1.82, 2.24) is 15.3 Å². The third-order valence-electron chi connectivity index (χ3n) is 5.65. The van der Waals surface area contributed by atoms with Crippen molar-refractivity contribution in [3.05, 3.63) is 47.9 Å². The van der Waals surface area contributed by atoms with Crippen LogP contribution in [0.2, 0.25) is 0 Å². The summed E-state index contributed by atoms with van der Waals surface area (Å²) in [5.74, 6) is -0.426. The van der Waals surface area contributed by atoms with Gasteiger partial charge in [0.05, 0.1) is 25.1 Å². The molecule has 3 heterocycles. The van der Waals surface area contributed by atoms with E-state index >= 15 is 0 Å². The zero-order valence-electron chi connectivity index (χ0n) is 16.7. The van der Waals surface area contributed by atoms with E-state index in [1.54, 1.807) is 6.33 Å². The Morgan fingerprint density at radius 3 is 2.67 bits per heavy atom. The average molecular weight is 417 g/mol. The van der Waals surface area contributed by atoms with Crippen LogP contribution in [0.3, 0.4) is 0 Å². The van der Waals surface area contributed by atoms with Gasteiger partial charge in [-0.05, 0) is 31.0 Å². The molecule has 1 amide bonds. The number of amides is 1. The summed E-state index contributed by atoms with van der Waals surface area (Å²) in [4.78, 5) is 25.6. The van der Waals surface area contributed by atoms with Crippen molar-refractivity contribution in [1.29, 1.82) is 0 Å². The smallest absolute Gasteiger partial charge is 0.223 e. The Morgan fingerprint density at radius 2 is 1.90 bits per heavy atom. The normalized spacial score (nSPS) is 17.8. The molecule has 9 heteroatoms. The van der Waals surface area contributed by atoms with E-state index in [4.69, 9.17) is 4.74 Å². The number of carbonyl (C=O) groups excluding carboxylic acids is 1. The molecule has 0 saturated carbocycles. The second kappa shape index (κ2) is 9.34. The number of piperidine rings is 1. The van der Waals surface area contributed by atoms with E-state index in [-0.39, 0.29) is 23.9 Å². The minimum Gasteiger partial charge on any atom is -0.378 e. The van der Waals surface area contributed by atoms with Gasteiger partial charge in [0.2, 0.25) is 5.91 Å². The van der Waals surface area contributed by atoms with Crippen LogP contribution in [0, 0.1) is 17.6 Å². The number of hydrogen-bond acceptors (Lipinski definition) is 6. The number of nitrogens with zero attached hydrogens (tertiary/aromatic N) is 4. The number of nitrogens with one attached hydrogen (secondary N) is 1. The quantitative estimate of drug-likeness (QED) is 0.804. The van der Waals surface area contributed by atoms with Gasteiger partial charge in [0, 0.05) is 44.2 Å². The number of anilines is 2. The minimum atomic E-state index is -0.522. The van der Waals surface area contributed by atoms with E-state index in [1.807, 2.05) is 6.20 Å². The summed E-state index contributed by atoms with van der Waals surface area (Å²) in [5, 5.41) is 2.74. The highest BCUT2D eigenvalue weighted by Crippen LogP contribution is 2.30. The first-order valence-corrected chi connectivity index (χ1v) is 10.2. The third kappa shape index (κ3) is 4.67. The van der Waals surface area contributed by atoms with Crippen molar-refractivity contribution >= 4 is 17.4 Å². The monoisotopic (exact) mass is 417 g/mol. The van der Waals surface area contributed by atoms with Gasteiger partial charge in [0.25, 0.3) is 0 Å². The average Bonchev–Trinajstić information content (AvgIpc) is 2.80. The van der Waals surface area contributed by atoms with Gasteiger partial charge in [0.15, 0.2) is 5.82 Å². The van der Waals surface area contributed by atoms with Crippen molar-refractivity contribution in [2.75, 3.05) is 49.2 Å². The molecule has 4 rings (SSSR count). The molecule has 0 atom stereocenters. The fourth-order valence-corrected chi connectivity index (χ4v) is 3.95. The highest BCUT2D eigenvalue weighted by atomic mass is 19.1. The van der Waals surface area contributed by atoms with Crippen LogP contribution < -0.4 is 15.1 Å². The zero-order chi connectivity index (χ0) is 20.9. The molecular weight excluding hydrogens is 392 g/mol. The summed E-state index contributed by atoms with van der Waals surface area (Å²) >= 11 is 0. The van der Waals surface area contributed by atoms with Crippen LogP contribution in [0.15, 0.2) is 30.7 Å². The Kier molecular flexibility index (Phi) is 6.37. The molecule has 160 valence electrons. The van der Waals surface area contributed by atoms with Crippen molar-refractivity contribution in [2.45, 2.75) is 19.4 Å². The molecule has 0 unspecified atom stereocenters. The van der Waals surface area contributed by atoms with Gasteiger partial charge >= 0.3 is 0 Å². The summed E-state index contributed by atoms with van der Waals surface area (Å²) < 4.78 is 32.5. The largest absolute Gasteiger partial charge is 0.378 e. The SMILES string of the molecule is O=C(NCc1cc(F)ccc1F)C1CCN(c2cncnc2N2CCOCC2)CC1. The first kappa shape index (κ1) is 20.5. The van der Waals surface area contributed by atoms with Gasteiger partial charge < -0.3 is 19.9 Å². The van der Waals surface area contributed by atoms with E-state index in [0.29, 0.717) is 39.1 Å². The Labute approximate surface area is 174 Å². The lowest BCUT2D eigenvalue weighted by Gasteiger charge is -2.36. The first-order chi connectivity index (χ1) is 14.6. The van der Waals surface area contributed by atoms with Gasteiger partial charge in [-0.2, -0.15) is 0 Å². The molecule has 2 fully saturated rings. The van der Waals surface area contributed by atoms with Gasteiger partial charge in [-0.1, -0.05) is 0 Å². The maximum absolute atomic E-state index is 13.7. The van der Waals surface area contributed by atoms with Crippen LogP contribution in [0.5, 0.6) is 0 Å². The predicted octanol–water partition coefficient (Wildman–Crippen LogP) is 2.12. The number of halogens is 2. The molecule has 1 aromatic heterocycles. The number of ether oxygens (including phenoxy) is 1.